The van der Waals surface area contributed by atoms with Gasteiger partial charge in [0.25, 0.3) is 0 Å². The standard InChI is InChI=1S/C20H28N4O3/c1-13-9-14(11-22(5)6)18(25)17-15-12-23(19(26)27-20(2,3)4)8-7-16(15)21-24(17)10-13/h11H,1,7-10,12H2,2-6H3/b14-11-. The summed E-state index contributed by atoms with van der Waals surface area (Å²) in [6, 6.07) is 0. The van der Waals surface area contributed by atoms with Gasteiger partial charge in [0, 0.05) is 50.8 Å². The Morgan fingerprint density at radius 2 is 2.00 bits per heavy atom. The number of fused-ring (bicyclic) bond motifs is 3. The minimum Gasteiger partial charge on any atom is -0.444 e. The highest BCUT2D eigenvalue weighted by Crippen LogP contribution is 2.30. The van der Waals surface area contributed by atoms with Crippen LogP contribution in [0.3, 0.4) is 0 Å². The minimum atomic E-state index is -0.553. The molecule has 0 aromatic carbocycles. The first kappa shape index (κ1) is 19.2. The van der Waals surface area contributed by atoms with E-state index >= 15 is 0 Å². The smallest absolute Gasteiger partial charge is 0.410 e. The van der Waals surface area contributed by atoms with Crippen LogP contribution in [-0.4, -0.2) is 57.7 Å². The van der Waals surface area contributed by atoms with E-state index in [0.29, 0.717) is 43.7 Å². The number of hydrogen-bond acceptors (Lipinski definition) is 5. The van der Waals surface area contributed by atoms with Crippen molar-refractivity contribution in [2.45, 2.75) is 52.3 Å². The van der Waals surface area contributed by atoms with E-state index in [4.69, 9.17) is 4.74 Å². The van der Waals surface area contributed by atoms with Gasteiger partial charge in [-0.1, -0.05) is 12.2 Å². The van der Waals surface area contributed by atoms with Crippen molar-refractivity contribution in [3.05, 3.63) is 40.9 Å². The molecule has 27 heavy (non-hydrogen) atoms. The Morgan fingerprint density at radius 3 is 2.63 bits per heavy atom. The van der Waals surface area contributed by atoms with Gasteiger partial charge < -0.3 is 14.5 Å². The van der Waals surface area contributed by atoms with Crippen molar-refractivity contribution in [2.24, 2.45) is 0 Å². The molecule has 7 nitrogen and oxygen atoms in total. The molecule has 3 heterocycles. The van der Waals surface area contributed by atoms with Crippen LogP contribution in [0.15, 0.2) is 23.9 Å². The van der Waals surface area contributed by atoms with Crippen molar-refractivity contribution >= 4 is 11.9 Å². The number of ketones is 1. The second kappa shape index (κ2) is 6.87. The van der Waals surface area contributed by atoms with Gasteiger partial charge in [-0.15, -0.1) is 0 Å². The molecular weight excluding hydrogens is 344 g/mol. The van der Waals surface area contributed by atoms with Gasteiger partial charge in [-0.3, -0.25) is 9.48 Å². The lowest BCUT2D eigenvalue weighted by Gasteiger charge is -2.29. The summed E-state index contributed by atoms with van der Waals surface area (Å²) in [5.74, 6) is -0.0397. The van der Waals surface area contributed by atoms with Gasteiger partial charge in [0.1, 0.15) is 11.3 Å². The number of ether oxygens (including phenoxy) is 1. The van der Waals surface area contributed by atoms with E-state index in [9.17, 15) is 9.59 Å². The second-order valence-corrected chi connectivity index (χ2v) is 8.46. The van der Waals surface area contributed by atoms with Crippen molar-refractivity contribution in [2.75, 3.05) is 20.6 Å². The lowest BCUT2D eigenvalue weighted by Crippen LogP contribution is -2.40. The first-order valence-corrected chi connectivity index (χ1v) is 9.20. The zero-order chi connectivity index (χ0) is 19.9. The number of carbonyl (C=O) groups excluding carboxylic acids is 2. The number of allylic oxidation sites excluding steroid dienone is 2. The predicted octanol–water partition coefficient (Wildman–Crippen LogP) is 2.76. The number of rotatable bonds is 1. The molecule has 3 rings (SSSR count). The maximum Gasteiger partial charge on any atom is 0.410 e. The van der Waals surface area contributed by atoms with Crippen molar-refractivity contribution in [3.63, 3.8) is 0 Å². The third kappa shape index (κ3) is 4.07. The molecule has 0 atom stereocenters. The topological polar surface area (TPSA) is 67.7 Å². The van der Waals surface area contributed by atoms with Gasteiger partial charge in [-0.25, -0.2) is 4.79 Å². The molecule has 0 bridgehead atoms. The maximum atomic E-state index is 13.2. The molecule has 0 fully saturated rings. The number of amides is 1. The molecule has 7 heteroatoms. The molecule has 0 radical (unpaired) electrons. The van der Waals surface area contributed by atoms with Gasteiger partial charge in [0.15, 0.2) is 0 Å². The summed E-state index contributed by atoms with van der Waals surface area (Å²) in [5, 5.41) is 4.65. The van der Waals surface area contributed by atoms with Crippen molar-refractivity contribution in [1.29, 1.82) is 0 Å². The molecule has 0 saturated carbocycles. The van der Waals surface area contributed by atoms with Gasteiger partial charge >= 0.3 is 6.09 Å². The van der Waals surface area contributed by atoms with E-state index in [1.807, 2.05) is 46.0 Å². The molecule has 0 N–H and O–H groups in total. The van der Waals surface area contributed by atoms with Gasteiger partial charge in [-0.05, 0) is 20.8 Å². The fourth-order valence-electron chi connectivity index (χ4n) is 3.46. The van der Waals surface area contributed by atoms with E-state index in [1.165, 1.54) is 0 Å². The zero-order valence-electron chi connectivity index (χ0n) is 16.8. The first-order valence-electron chi connectivity index (χ1n) is 9.20. The SMILES string of the molecule is C=C1C/C(=C/N(C)C)C(=O)c2c3c(nn2C1)CCN(C(=O)OC(C)(C)C)C3. The van der Waals surface area contributed by atoms with Crippen LogP contribution in [0.1, 0.15) is 48.9 Å². The van der Waals surface area contributed by atoms with E-state index in [0.717, 1.165) is 16.8 Å². The van der Waals surface area contributed by atoms with Crippen LogP contribution in [-0.2, 0) is 24.2 Å². The number of hydrogen-bond donors (Lipinski definition) is 0. The number of Topliss-reactive ketones (excluding diaryl/α,β-unsaturated/α-hetero) is 1. The molecule has 0 aliphatic carbocycles. The summed E-state index contributed by atoms with van der Waals surface area (Å²) >= 11 is 0. The van der Waals surface area contributed by atoms with Crippen LogP contribution in [0.25, 0.3) is 0 Å². The number of aromatic nitrogens is 2. The molecule has 0 saturated heterocycles. The monoisotopic (exact) mass is 372 g/mol. The van der Waals surface area contributed by atoms with E-state index in [2.05, 4.69) is 11.7 Å². The largest absolute Gasteiger partial charge is 0.444 e. The second-order valence-electron chi connectivity index (χ2n) is 8.46. The van der Waals surface area contributed by atoms with Gasteiger partial charge in [0.2, 0.25) is 5.78 Å². The molecule has 0 unspecified atom stereocenters. The van der Waals surface area contributed by atoms with Crippen LogP contribution in [0.2, 0.25) is 0 Å². The van der Waals surface area contributed by atoms with Crippen LogP contribution < -0.4 is 0 Å². The molecule has 2 aliphatic rings. The lowest BCUT2D eigenvalue weighted by atomic mass is 9.98. The Morgan fingerprint density at radius 1 is 1.30 bits per heavy atom. The average molecular weight is 372 g/mol. The van der Waals surface area contributed by atoms with Gasteiger partial charge in [0.05, 0.1) is 18.8 Å². The normalized spacial score (nSPS) is 18.9. The van der Waals surface area contributed by atoms with Gasteiger partial charge in [-0.2, -0.15) is 5.10 Å². The van der Waals surface area contributed by atoms with Crippen LogP contribution in [0.4, 0.5) is 4.79 Å². The Bertz CT molecular complexity index is 827. The average Bonchev–Trinajstić information content (AvgIpc) is 2.82. The van der Waals surface area contributed by atoms with Crippen LogP contribution >= 0.6 is 0 Å². The summed E-state index contributed by atoms with van der Waals surface area (Å²) in [4.78, 5) is 29.2. The number of nitrogens with zero attached hydrogens (tertiary/aromatic N) is 4. The number of carbonyl (C=O) groups is 2. The predicted molar refractivity (Wildman–Crippen MR) is 102 cm³/mol. The first-order chi connectivity index (χ1) is 12.5. The van der Waals surface area contributed by atoms with E-state index in [1.54, 1.807) is 9.58 Å². The third-order valence-corrected chi connectivity index (χ3v) is 4.49. The van der Waals surface area contributed by atoms with Crippen molar-refractivity contribution < 1.29 is 14.3 Å². The van der Waals surface area contributed by atoms with E-state index in [-0.39, 0.29) is 11.9 Å². The quantitative estimate of drug-likeness (QED) is 0.560. The molecule has 1 amide bonds. The fourth-order valence-corrected chi connectivity index (χ4v) is 3.46. The summed E-state index contributed by atoms with van der Waals surface area (Å²) < 4.78 is 7.25. The van der Waals surface area contributed by atoms with Crippen molar-refractivity contribution in [3.8, 4) is 0 Å². The summed E-state index contributed by atoms with van der Waals surface area (Å²) in [5.41, 5.74) is 3.38. The summed E-state index contributed by atoms with van der Waals surface area (Å²) in [6.45, 7) is 11.0. The molecule has 2 aliphatic heterocycles. The van der Waals surface area contributed by atoms with Crippen LogP contribution in [0.5, 0.6) is 0 Å². The van der Waals surface area contributed by atoms with Crippen molar-refractivity contribution in [1.82, 2.24) is 19.6 Å². The molecule has 1 aromatic rings. The maximum absolute atomic E-state index is 13.2. The highest BCUT2D eigenvalue weighted by molar-refractivity contribution is 6.09. The third-order valence-electron chi connectivity index (χ3n) is 4.49. The lowest BCUT2D eigenvalue weighted by molar-refractivity contribution is 0.0222. The highest BCUT2D eigenvalue weighted by Gasteiger charge is 2.34. The molecule has 0 spiro atoms. The minimum absolute atomic E-state index is 0.0397. The molecular formula is C20H28N4O3. The van der Waals surface area contributed by atoms with Crippen LogP contribution in [0, 0.1) is 0 Å². The Labute approximate surface area is 160 Å². The zero-order valence-corrected chi connectivity index (χ0v) is 16.8. The molecule has 1 aromatic heterocycles. The fraction of sp³-hybridized carbons (Fsp3) is 0.550. The Kier molecular flexibility index (Phi) is 4.88. The summed E-state index contributed by atoms with van der Waals surface area (Å²) in [6.07, 6.45) is 2.63. The Balaban J connectivity index is 1.96. The van der Waals surface area contributed by atoms with E-state index < -0.39 is 5.60 Å². The highest BCUT2D eigenvalue weighted by atomic mass is 16.6. The molecule has 146 valence electrons. The summed E-state index contributed by atoms with van der Waals surface area (Å²) in [7, 11) is 3.79. The Hall–Kier alpha value is -2.57.